The summed E-state index contributed by atoms with van der Waals surface area (Å²) in [6.45, 7) is 10.6. The maximum absolute atomic E-state index is 12.9. The van der Waals surface area contributed by atoms with Crippen molar-refractivity contribution in [3.05, 3.63) is 29.3 Å². The SMILES string of the molecule is CCN(CC(=O)NC(C)(C)C)CC(=O)N1CCC[C@H](c2nc3ccccc3s2)C1. The number of benzene rings is 1. The number of likely N-dealkylation sites (tertiary alicyclic amines) is 1. The molecule has 0 aliphatic carbocycles. The van der Waals surface area contributed by atoms with Gasteiger partial charge in [0.2, 0.25) is 11.8 Å². The highest BCUT2D eigenvalue weighted by atomic mass is 32.1. The van der Waals surface area contributed by atoms with Crippen molar-refractivity contribution in [2.24, 2.45) is 0 Å². The summed E-state index contributed by atoms with van der Waals surface area (Å²) in [4.78, 5) is 33.8. The maximum atomic E-state index is 12.9. The topological polar surface area (TPSA) is 65.5 Å². The Balaban J connectivity index is 1.59. The molecule has 1 aliphatic rings. The van der Waals surface area contributed by atoms with Crippen LogP contribution in [0.25, 0.3) is 10.2 Å². The first-order valence-corrected chi connectivity index (χ1v) is 11.2. The molecule has 1 N–H and O–H groups in total. The van der Waals surface area contributed by atoms with Gasteiger partial charge in [-0.25, -0.2) is 4.98 Å². The molecule has 29 heavy (non-hydrogen) atoms. The van der Waals surface area contributed by atoms with E-state index < -0.39 is 0 Å². The van der Waals surface area contributed by atoms with Crippen LogP contribution in [0, 0.1) is 0 Å². The lowest BCUT2D eigenvalue weighted by molar-refractivity contribution is -0.134. The minimum absolute atomic E-state index is 0.0434. The quantitative estimate of drug-likeness (QED) is 0.785. The number of carbonyl (C=O) groups excluding carboxylic acids is 2. The van der Waals surface area contributed by atoms with E-state index in [2.05, 4.69) is 11.4 Å². The Labute approximate surface area is 177 Å². The van der Waals surface area contributed by atoms with Gasteiger partial charge in [-0.1, -0.05) is 19.1 Å². The van der Waals surface area contributed by atoms with Crippen molar-refractivity contribution in [2.45, 2.75) is 52.0 Å². The average Bonchev–Trinajstić information content (AvgIpc) is 3.10. The number of likely N-dealkylation sites (N-methyl/N-ethyl adjacent to an activating group) is 1. The van der Waals surface area contributed by atoms with Crippen LogP contribution in [-0.4, -0.2) is 64.9 Å². The van der Waals surface area contributed by atoms with Crippen LogP contribution in [0.1, 0.15) is 51.5 Å². The molecule has 7 heteroatoms. The van der Waals surface area contributed by atoms with Crippen molar-refractivity contribution in [1.29, 1.82) is 0 Å². The van der Waals surface area contributed by atoms with Crippen LogP contribution in [0.3, 0.4) is 0 Å². The monoisotopic (exact) mass is 416 g/mol. The summed E-state index contributed by atoms with van der Waals surface area (Å²) in [5.41, 5.74) is 0.774. The molecular weight excluding hydrogens is 384 g/mol. The number of para-hydroxylation sites is 1. The molecule has 2 heterocycles. The fourth-order valence-corrected chi connectivity index (χ4v) is 4.79. The second-order valence-electron chi connectivity index (χ2n) is 8.80. The second kappa shape index (κ2) is 9.22. The minimum atomic E-state index is -0.266. The number of thiazole rings is 1. The highest BCUT2D eigenvalue weighted by molar-refractivity contribution is 7.18. The van der Waals surface area contributed by atoms with Crippen LogP contribution in [0.5, 0.6) is 0 Å². The molecule has 2 amide bonds. The number of rotatable bonds is 6. The molecule has 0 radical (unpaired) electrons. The Morgan fingerprint density at radius 2 is 2.03 bits per heavy atom. The van der Waals surface area contributed by atoms with Crippen molar-refractivity contribution >= 4 is 33.4 Å². The fourth-order valence-electron chi connectivity index (χ4n) is 3.70. The number of hydrogen-bond acceptors (Lipinski definition) is 5. The second-order valence-corrected chi connectivity index (χ2v) is 9.86. The van der Waals surface area contributed by atoms with E-state index in [1.165, 1.54) is 4.70 Å². The molecule has 0 spiro atoms. The molecule has 1 aromatic carbocycles. The largest absolute Gasteiger partial charge is 0.350 e. The lowest BCUT2D eigenvalue weighted by Gasteiger charge is -2.33. The van der Waals surface area contributed by atoms with Gasteiger partial charge in [-0.2, -0.15) is 0 Å². The predicted molar refractivity (Wildman–Crippen MR) is 118 cm³/mol. The summed E-state index contributed by atoms with van der Waals surface area (Å²) < 4.78 is 1.20. The summed E-state index contributed by atoms with van der Waals surface area (Å²) in [6, 6.07) is 8.20. The highest BCUT2D eigenvalue weighted by Gasteiger charge is 2.28. The zero-order valence-electron chi connectivity index (χ0n) is 17.9. The summed E-state index contributed by atoms with van der Waals surface area (Å²) in [6.07, 6.45) is 2.05. The van der Waals surface area contributed by atoms with Gasteiger partial charge in [0.1, 0.15) is 0 Å². The van der Waals surface area contributed by atoms with Crippen LogP contribution in [0.2, 0.25) is 0 Å². The molecular formula is C22H32N4O2S. The number of piperidine rings is 1. The van der Waals surface area contributed by atoms with Gasteiger partial charge in [0, 0.05) is 24.5 Å². The summed E-state index contributed by atoms with van der Waals surface area (Å²) in [5.74, 6) is 0.351. The van der Waals surface area contributed by atoms with E-state index in [-0.39, 0.29) is 30.4 Å². The predicted octanol–water partition coefficient (Wildman–Crippen LogP) is 3.24. The average molecular weight is 417 g/mol. The van der Waals surface area contributed by atoms with Gasteiger partial charge in [-0.05, 0) is 52.3 Å². The smallest absolute Gasteiger partial charge is 0.236 e. The molecule has 0 unspecified atom stereocenters. The molecule has 0 saturated carbocycles. The van der Waals surface area contributed by atoms with Crippen LogP contribution in [0.15, 0.2) is 24.3 Å². The standard InChI is InChI=1S/C22H32N4O2S/c1-5-25(14-19(27)24-22(2,3)4)15-20(28)26-12-8-9-16(13-26)21-23-17-10-6-7-11-18(17)29-21/h6-7,10-11,16H,5,8-9,12-15H2,1-4H3,(H,24,27)/t16-/m0/s1. The van der Waals surface area contributed by atoms with Gasteiger partial charge in [0.05, 0.1) is 28.3 Å². The Hall–Kier alpha value is -1.99. The van der Waals surface area contributed by atoms with Gasteiger partial charge >= 0.3 is 0 Å². The van der Waals surface area contributed by atoms with E-state index in [9.17, 15) is 9.59 Å². The first-order chi connectivity index (χ1) is 13.7. The molecule has 6 nitrogen and oxygen atoms in total. The zero-order valence-corrected chi connectivity index (χ0v) is 18.7. The zero-order chi connectivity index (χ0) is 21.0. The summed E-state index contributed by atoms with van der Waals surface area (Å²) in [5, 5.41) is 4.09. The molecule has 1 aromatic heterocycles. The minimum Gasteiger partial charge on any atom is -0.350 e. The lowest BCUT2D eigenvalue weighted by Crippen LogP contribution is -2.49. The van der Waals surface area contributed by atoms with Gasteiger partial charge < -0.3 is 10.2 Å². The maximum Gasteiger partial charge on any atom is 0.236 e. The van der Waals surface area contributed by atoms with Gasteiger partial charge in [0.25, 0.3) is 0 Å². The van der Waals surface area contributed by atoms with Crippen molar-refractivity contribution < 1.29 is 9.59 Å². The highest BCUT2D eigenvalue weighted by Crippen LogP contribution is 2.32. The molecule has 2 aromatic rings. The van der Waals surface area contributed by atoms with E-state index in [0.717, 1.165) is 29.9 Å². The number of aromatic nitrogens is 1. The third-order valence-corrected chi connectivity index (χ3v) is 6.32. The molecule has 158 valence electrons. The third kappa shape index (κ3) is 6.00. The van der Waals surface area contributed by atoms with Crippen LogP contribution in [-0.2, 0) is 9.59 Å². The lowest BCUT2D eigenvalue weighted by atomic mass is 9.98. The summed E-state index contributed by atoms with van der Waals surface area (Å²) in [7, 11) is 0. The van der Waals surface area contributed by atoms with Crippen molar-refractivity contribution in [3.8, 4) is 0 Å². The molecule has 1 atom stereocenters. The van der Waals surface area contributed by atoms with E-state index >= 15 is 0 Å². The Morgan fingerprint density at radius 3 is 2.72 bits per heavy atom. The Morgan fingerprint density at radius 1 is 1.28 bits per heavy atom. The molecule has 1 saturated heterocycles. The van der Waals surface area contributed by atoms with Gasteiger partial charge in [0.15, 0.2) is 0 Å². The van der Waals surface area contributed by atoms with E-state index in [1.807, 2.05) is 55.7 Å². The van der Waals surface area contributed by atoms with Crippen molar-refractivity contribution in [3.63, 3.8) is 0 Å². The van der Waals surface area contributed by atoms with Crippen LogP contribution in [0.4, 0.5) is 0 Å². The number of nitrogens with zero attached hydrogens (tertiary/aromatic N) is 3. The van der Waals surface area contributed by atoms with Crippen molar-refractivity contribution in [2.75, 3.05) is 32.7 Å². The van der Waals surface area contributed by atoms with E-state index in [1.54, 1.807) is 11.3 Å². The van der Waals surface area contributed by atoms with Crippen LogP contribution >= 0.6 is 11.3 Å². The third-order valence-electron chi connectivity index (χ3n) is 5.12. The number of fused-ring (bicyclic) bond motifs is 1. The number of amides is 2. The van der Waals surface area contributed by atoms with Gasteiger partial charge in [-0.15, -0.1) is 11.3 Å². The first-order valence-electron chi connectivity index (χ1n) is 10.4. The molecule has 3 rings (SSSR count). The van der Waals surface area contributed by atoms with Gasteiger partial charge in [-0.3, -0.25) is 14.5 Å². The molecule has 1 fully saturated rings. The molecule has 1 aliphatic heterocycles. The van der Waals surface area contributed by atoms with E-state index in [0.29, 0.717) is 19.0 Å². The number of nitrogens with one attached hydrogen (secondary N) is 1. The molecule has 0 bridgehead atoms. The normalized spacial score (nSPS) is 17.7. The number of carbonyl (C=O) groups is 2. The Bertz CT molecular complexity index is 825. The summed E-state index contributed by atoms with van der Waals surface area (Å²) >= 11 is 1.74. The number of hydrogen-bond donors (Lipinski definition) is 1. The van der Waals surface area contributed by atoms with E-state index in [4.69, 9.17) is 4.98 Å². The fraction of sp³-hybridized carbons (Fsp3) is 0.591. The van der Waals surface area contributed by atoms with Crippen molar-refractivity contribution in [1.82, 2.24) is 20.1 Å². The van der Waals surface area contributed by atoms with Crippen LogP contribution < -0.4 is 5.32 Å². The Kier molecular flexibility index (Phi) is 6.90. The first kappa shape index (κ1) is 21.7.